The average Bonchev–Trinajstić information content (AvgIpc) is 2.39. The Morgan fingerprint density at radius 1 is 1.39 bits per heavy atom. The van der Waals surface area contributed by atoms with Crippen LogP contribution in [-0.2, 0) is 6.54 Å². The van der Waals surface area contributed by atoms with E-state index in [1.807, 2.05) is 37.4 Å². The van der Waals surface area contributed by atoms with Crippen molar-refractivity contribution < 1.29 is 0 Å². The van der Waals surface area contributed by atoms with Crippen molar-refractivity contribution in [1.29, 1.82) is 5.26 Å². The maximum Gasteiger partial charge on any atom is 0.0991 e. The third-order valence-electron chi connectivity index (χ3n) is 2.64. The van der Waals surface area contributed by atoms with Gasteiger partial charge >= 0.3 is 0 Å². The van der Waals surface area contributed by atoms with Gasteiger partial charge in [0.1, 0.15) is 0 Å². The Hall–Kier alpha value is -1.86. The van der Waals surface area contributed by atoms with E-state index < -0.39 is 0 Å². The number of anilines is 1. The minimum atomic E-state index is 0.690. The second-order valence-corrected chi connectivity index (χ2v) is 4.85. The summed E-state index contributed by atoms with van der Waals surface area (Å²) in [5.41, 5.74) is 2.88. The molecule has 0 amide bonds. The number of nitrogens with zero attached hydrogens (tertiary/aromatic N) is 3. The van der Waals surface area contributed by atoms with Gasteiger partial charge in [0.05, 0.1) is 21.8 Å². The van der Waals surface area contributed by atoms with E-state index in [0.717, 1.165) is 22.3 Å². The Kier molecular flexibility index (Phi) is 3.96. The second kappa shape index (κ2) is 5.65. The predicted molar refractivity (Wildman–Crippen MR) is 75.2 cm³/mol. The molecule has 0 fully saturated rings. The fraction of sp³-hybridized carbons (Fsp3) is 0.143. The lowest BCUT2D eigenvalue weighted by molar-refractivity contribution is 0.916. The number of nitriles is 1. The van der Waals surface area contributed by atoms with Crippen LogP contribution in [0.4, 0.5) is 5.69 Å². The van der Waals surface area contributed by atoms with Crippen LogP contribution in [0.1, 0.15) is 11.1 Å². The van der Waals surface area contributed by atoms with Gasteiger partial charge in [-0.05, 0) is 39.7 Å². The molecule has 0 aliphatic heterocycles. The Morgan fingerprint density at radius 3 is 2.94 bits per heavy atom. The van der Waals surface area contributed by atoms with Crippen molar-refractivity contribution in [3.05, 3.63) is 58.3 Å². The number of hydrogen-bond donors (Lipinski definition) is 0. The van der Waals surface area contributed by atoms with E-state index in [9.17, 15) is 0 Å². The van der Waals surface area contributed by atoms with E-state index in [0.29, 0.717) is 5.56 Å². The molecule has 0 unspecified atom stereocenters. The molecular formula is C14H12BrN3. The molecule has 1 aromatic carbocycles. The van der Waals surface area contributed by atoms with E-state index >= 15 is 0 Å². The van der Waals surface area contributed by atoms with Gasteiger partial charge in [0.15, 0.2) is 0 Å². The zero-order valence-corrected chi connectivity index (χ0v) is 11.6. The van der Waals surface area contributed by atoms with Gasteiger partial charge in [-0.2, -0.15) is 5.26 Å². The molecule has 0 spiro atoms. The third kappa shape index (κ3) is 2.88. The molecule has 1 heterocycles. The molecule has 0 radical (unpaired) electrons. The summed E-state index contributed by atoms with van der Waals surface area (Å²) in [7, 11) is 2.01. The minimum absolute atomic E-state index is 0.690. The van der Waals surface area contributed by atoms with Crippen molar-refractivity contribution in [3.63, 3.8) is 0 Å². The number of benzene rings is 1. The molecule has 2 aromatic rings. The van der Waals surface area contributed by atoms with Crippen LogP contribution in [0.15, 0.2) is 47.2 Å². The maximum atomic E-state index is 8.88. The smallest absolute Gasteiger partial charge is 0.0991 e. The third-order valence-corrected chi connectivity index (χ3v) is 3.25. The largest absolute Gasteiger partial charge is 0.369 e. The maximum absolute atomic E-state index is 8.88. The number of pyridine rings is 1. The van der Waals surface area contributed by atoms with Crippen molar-refractivity contribution in [2.75, 3.05) is 11.9 Å². The molecule has 0 bridgehead atoms. The Balaban J connectivity index is 2.19. The molecule has 0 saturated carbocycles. The van der Waals surface area contributed by atoms with Crippen LogP contribution in [0.25, 0.3) is 0 Å². The van der Waals surface area contributed by atoms with Gasteiger partial charge in [0.2, 0.25) is 0 Å². The summed E-state index contributed by atoms with van der Waals surface area (Å²) in [5, 5.41) is 8.88. The van der Waals surface area contributed by atoms with Gasteiger partial charge in [-0.25, -0.2) is 0 Å². The molecule has 3 nitrogen and oxygen atoms in total. The van der Waals surface area contributed by atoms with E-state index in [-0.39, 0.29) is 0 Å². The number of hydrogen-bond acceptors (Lipinski definition) is 3. The predicted octanol–water partition coefficient (Wildman–Crippen LogP) is 3.35. The van der Waals surface area contributed by atoms with E-state index in [2.05, 4.69) is 31.9 Å². The summed E-state index contributed by atoms with van der Waals surface area (Å²) in [6.45, 7) is 0.748. The Morgan fingerprint density at radius 2 is 2.22 bits per heavy atom. The Labute approximate surface area is 115 Å². The standard InChI is InChI=1S/C14H12BrN3/c1-18(14-5-6-17-9-13(14)15)10-12-4-2-3-11(7-12)8-16/h2-7,9H,10H2,1H3. The zero-order valence-electron chi connectivity index (χ0n) is 9.97. The van der Waals surface area contributed by atoms with Crippen molar-refractivity contribution >= 4 is 21.6 Å². The highest BCUT2D eigenvalue weighted by atomic mass is 79.9. The molecule has 1 aromatic heterocycles. The van der Waals surface area contributed by atoms with Gasteiger partial charge in [0.25, 0.3) is 0 Å². The highest BCUT2D eigenvalue weighted by Gasteiger charge is 2.06. The number of rotatable bonds is 3. The molecule has 0 atom stereocenters. The van der Waals surface area contributed by atoms with Crippen LogP contribution in [0.5, 0.6) is 0 Å². The lowest BCUT2D eigenvalue weighted by Gasteiger charge is -2.20. The summed E-state index contributed by atoms with van der Waals surface area (Å²) in [4.78, 5) is 6.16. The van der Waals surface area contributed by atoms with Gasteiger partial charge in [-0.3, -0.25) is 4.98 Å². The Bertz CT molecular complexity index is 590. The highest BCUT2D eigenvalue weighted by molar-refractivity contribution is 9.10. The van der Waals surface area contributed by atoms with Crippen LogP contribution in [-0.4, -0.2) is 12.0 Å². The minimum Gasteiger partial charge on any atom is -0.369 e. The van der Waals surface area contributed by atoms with Crippen LogP contribution >= 0.6 is 15.9 Å². The number of aromatic nitrogens is 1. The van der Waals surface area contributed by atoms with Crippen LogP contribution in [0, 0.1) is 11.3 Å². The van der Waals surface area contributed by atoms with Crippen molar-refractivity contribution in [1.82, 2.24) is 4.98 Å². The normalized spacial score (nSPS) is 9.83. The monoisotopic (exact) mass is 301 g/mol. The van der Waals surface area contributed by atoms with Gasteiger partial charge in [0, 0.05) is 26.0 Å². The molecule has 0 aliphatic carbocycles. The molecule has 2 rings (SSSR count). The molecule has 0 N–H and O–H groups in total. The van der Waals surface area contributed by atoms with Crippen LogP contribution in [0.3, 0.4) is 0 Å². The topological polar surface area (TPSA) is 39.9 Å². The van der Waals surface area contributed by atoms with Crippen LogP contribution in [0.2, 0.25) is 0 Å². The molecule has 4 heteroatoms. The molecule has 90 valence electrons. The zero-order chi connectivity index (χ0) is 13.0. The van der Waals surface area contributed by atoms with E-state index in [1.165, 1.54) is 0 Å². The number of halogens is 1. The van der Waals surface area contributed by atoms with Crippen molar-refractivity contribution in [2.24, 2.45) is 0 Å². The molecular weight excluding hydrogens is 290 g/mol. The molecule has 18 heavy (non-hydrogen) atoms. The van der Waals surface area contributed by atoms with Crippen molar-refractivity contribution in [2.45, 2.75) is 6.54 Å². The van der Waals surface area contributed by atoms with Crippen molar-refractivity contribution in [3.8, 4) is 6.07 Å². The molecule has 0 aliphatic rings. The molecule has 0 saturated heterocycles. The first-order valence-corrected chi connectivity index (χ1v) is 6.29. The first-order chi connectivity index (χ1) is 8.70. The lowest BCUT2D eigenvalue weighted by Crippen LogP contribution is -2.16. The average molecular weight is 302 g/mol. The lowest BCUT2D eigenvalue weighted by atomic mass is 10.1. The van der Waals surface area contributed by atoms with Gasteiger partial charge < -0.3 is 4.90 Å². The first kappa shape index (κ1) is 12.6. The SMILES string of the molecule is CN(Cc1cccc(C#N)c1)c1ccncc1Br. The second-order valence-electron chi connectivity index (χ2n) is 4.00. The summed E-state index contributed by atoms with van der Waals surface area (Å²) >= 11 is 3.48. The van der Waals surface area contributed by atoms with Crippen LogP contribution < -0.4 is 4.90 Å². The first-order valence-electron chi connectivity index (χ1n) is 5.50. The summed E-state index contributed by atoms with van der Waals surface area (Å²) < 4.78 is 0.962. The van der Waals surface area contributed by atoms with E-state index in [4.69, 9.17) is 5.26 Å². The van der Waals surface area contributed by atoms with E-state index in [1.54, 1.807) is 12.4 Å². The fourth-order valence-electron chi connectivity index (χ4n) is 1.78. The summed E-state index contributed by atoms with van der Waals surface area (Å²) in [6.07, 6.45) is 3.54. The quantitative estimate of drug-likeness (QED) is 0.873. The highest BCUT2D eigenvalue weighted by Crippen LogP contribution is 2.24. The summed E-state index contributed by atoms with van der Waals surface area (Å²) in [5.74, 6) is 0. The van der Waals surface area contributed by atoms with Gasteiger partial charge in [-0.15, -0.1) is 0 Å². The van der Waals surface area contributed by atoms with Gasteiger partial charge in [-0.1, -0.05) is 12.1 Å². The summed E-state index contributed by atoms with van der Waals surface area (Å²) in [6, 6.07) is 11.8. The fourth-order valence-corrected chi connectivity index (χ4v) is 2.33.